The molecule has 1 aliphatic rings. The van der Waals surface area contributed by atoms with Crippen molar-refractivity contribution in [3.05, 3.63) is 0 Å². The molecule has 0 radical (unpaired) electrons. The molecule has 0 atom stereocenters. The van der Waals surface area contributed by atoms with Crippen molar-refractivity contribution in [3.63, 3.8) is 0 Å². The van der Waals surface area contributed by atoms with Crippen molar-refractivity contribution < 1.29 is 0 Å². The first-order valence-electron chi connectivity index (χ1n) is 4.48. The molecule has 0 aliphatic carbocycles. The van der Waals surface area contributed by atoms with Gasteiger partial charge >= 0.3 is 14.0 Å². The first-order valence-corrected chi connectivity index (χ1v) is 12.3. The molecule has 0 unspecified atom stereocenters. The van der Waals surface area contributed by atoms with Crippen LogP contribution in [0, 0.1) is 0 Å². The summed E-state index contributed by atoms with van der Waals surface area (Å²) in [6.07, 6.45) is 0. The summed E-state index contributed by atoms with van der Waals surface area (Å²) in [5.41, 5.74) is 0. The second-order valence-electron chi connectivity index (χ2n) is 3.95. The Morgan fingerprint density at radius 1 is 0.714 bits per heavy atom. The van der Waals surface area contributed by atoms with E-state index >= 15 is 0 Å². The number of hydrogen-bond donors (Lipinski definition) is 0. The lowest BCUT2D eigenvalue weighted by Gasteiger charge is -2.61. The quantitative estimate of drug-likeness (QED) is 0.570. The molecule has 1 heterocycles. The van der Waals surface area contributed by atoms with Crippen LogP contribution in [0.4, 0.5) is 0 Å². The summed E-state index contributed by atoms with van der Waals surface area (Å²) in [6.45, 7) is 8.04. The standard InChI is InChI=1S/C6H14Cl4N2Si2/c1-5(2)11-13(7,8)12(6(3)4)14(11,9)10/h5-6H,1-4H3. The average molecular weight is 312 g/mol. The maximum absolute atomic E-state index is 6.33. The average Bonchev–Trinajstić information content (AvgIpc) is 1.77. The van der Waals surface area contributed by atoms with Crippen LogP contribution in [0.2, 0.25) is 0 Å². The Hall–Kier alpha value is 1.51. The second kappa shape index (κ2) is 4.07. The van der Waals surface area contributed by atoms with Gasteiger partial charge in [-0.05, 0) is 12.1 Å². The highest BCUT2D eigenvalue weighted by Crippen LogP contribution is 2.50. The highest BCUT2D eigenvalue weighted by atomic mass is 35.7. The van der Waals surface area contributed by atoms with Gasteiger partial charge < -0.3 is 0 Å². The molecule has 0 spiro atoms. The predicted octanol–water partition coefficient (Wildman–Crippen LogP) is 3.25. The molecule has 1 aliphatic heterocycles. The lowest BCUT2D eigenvalue weighted by Crippen LogP contribution is -2.88. The van der Waals surface area contributed by atoms with Crippen LogP contribution in [0.1, 0.15) is 27.7 Å². The molecular weight excluding hydrogens is 298 g/mol. The fourth-order valence-electron chi connectivity index (χ4n) is 1.75. The van der Waals surface area contributed by atoms with Gasteiger partial charge in [-0.15, -0.1) is 44.3 Å². The molecule has 0 aromatic rings. The van der Waals surface area contributed by atoms with Crippen molar-refractivity contribution in [1.82, 2.24) is 8.46 Å². The smallest absolute Gasteiger partial charge is 0.270 e. The van der Waals surface area contributed by atoms with E-state index in [1.54, 1.807) is 0 Å². The number of hydrogen-bond acceptors (Lipinski definition) is 2. The fourth-order valence-corrected chi connectivity index (χ4v) is 24.5. The van der Waals surface area contributed by atoms with E-state index in [0.29, 0.717) is 0 Å². The molecule has 1 fully saturated rings. The van der Waals surface area contributed by atoms with Crippen LogP contribution in [-0.4, -0.2) is 34.6 Å². The Balaban J connectivity index is 2.95. The molecule has 2 nitrogen and oxygen atoms in total. The zero-order chi connectivity index (χ0) is 11.3. The molecule has 0 saturated carbocycles. The summed E-state index contributed by atoms with van der Waals surface area (Å²) in [5, 5.41) is 0. The second-order valence-corrected chi connectivity index (χ2v) is 16.3. The molecule has 84 valence electrons. The third kappa shape index (κ3) is 1.88. The highest BCUT2D eigenvalue weighted by molar-refractivity contribution is 7.62. The van der Waals surface area contributed by atoms with E-state index in [-0.39, 0.29) is 12.1 Å². The monoisotopic (exact) mass is 310 g/mol. The topological polar surface area (TPSA) is 6.48 Å². The maximum Gasteiger partial charge on any atom is 0.401 e. The van der Waals surface area contributed by atoms with E-state index in [9.17, 15) is 0 Å². The molecule has 0 N–H and O–H groups in total. The molecule has 14 heavy (non-hydrogen) atoms. The normalized spacial score (nSPS) is 27.0. The Labute approximate surface area is 106 Å². The van der Waals surface area contributed by atoms with Crippen molar-refractivity contribution >= 4 is 58.3 Å². The molecule has 0 aromatic heterocycles. The summed E-state index contributed by atoms with van der Waals surface area (Å²) in [4.78, 5) is 0. The van der Waals surface area contributed by atoms with Gasteiger partial charge in [0.15, 0.2) is 0 Å². The van der Waals surface area contributed by atoms with Crippen LogP contribution >= 0.6 is 44.3 Å². The molecule has 0 aromatic carbocycles. The SMILES string of the molecule is CC(C)N1[Si](Cl)(Cl)N(C(C)C)[Si]1(Cl)Cl. The van der Waals surface area contributed by atoms with Gasteiger partial charge in [0.25, 0.3) is 0 Å². The van der Waals surface area contributed by atoms with E-state index < -0.39 is 14.0 Å². The Bertz CT molecular complexity index is 198. The Morgan fingerprint density at radius 2 is 0.929 bits per heavy atom. The summed E-state index contributed by atoms with van der Waals surface area (Å²) in [7, 11) is -5.12. The summed E-state index contributed by atoms with van der Waals surface area (Å²) in [5.74, 6) is 0. The molecule has 8 heteroatoms. The first kappa shape index (κ1) is 13.6. The minimum Gasteiger partial charge on any atom is -0.270 e. The zero-order valence-electron chi connectivity index (χ0n) is 8.56. The first-order chi connectivity index (χ1) is 6.13. The highest BCUT2D eigenvalue weighted by Gasteiger charge is 2.72. The van der Waals surface area contributed by atoms with Gasteiger partial charge in [0.1, 0.15) is 0 Å². The lowest BCUT2D eigenvalue weighted by molar-refractivity contribution is 0.355. The van der Waals surface area contributed by atoms with Gasteiger partial charge in [-0.1, -0.05) is 27.7 Å². The largest absolute Gasteiger partial charge is 0.401 e. The van der Waals surface area contributed by atoms with Crippen LogP contribution in [-0.2, 0) is 0 Å². The third-order valence-corrected chi connectivity index (χ3v) is 18.2. The molecule has 1 saturated heterocycles. The van der Waals surface area contributed by atoms with Gasteiger partial charge in [0, 0.05) is 0 Å². The van der Waals surface area contributed by atoms with Gasteiger partial charge in [0.2, 0.25) is 0 Å². The fraction of sp³-hybridized carbons (Fsp3) is 1.00. The lowest BCUT2D eigenvalue weighted by atomic mass is 10.4. The van der Waals surface area contributed by atoms with Crippen molar-refractivity contribution in [2.45, 2.75) is 39.8 Å². The van der Waals surface area contributed by atoms with E-state index in [2.05, 4.69) is 0 Å². The predicted molar refractivity (Wildman–Crippen MR) is 68.9 cm³/mol. The van der Waals surface area contributed by atoms with Crippen molar-refractivity contribution in [1.29, 1.82) is 0 Å². The van der Waals surface area contributed by atoms with Gasteiger partial charge in [-0.25, -0.2) is 0 Å². The number of nitrogens with zero attached hydrogens (tertiary/aromatic N) is 2. The molecule has 0 bridgehead atoms. The molecule has 1 rings (SSSR count). The van der Waals surface area contributed by atoms with E-state index in [1.165, 1.54) is 0 Å². The van der Waals surface area contributed by atoms with Crippen LogP contribution in [0.15, 0.2) is 0 Å². The van der Waals surface area contributed by atoms with Gasteiger partial charge in [0.05, 0.1) is 0 Å². The molecular formula is C6H14Cl4N2Si2. The van der Waals surface area contributed by atoms with Crippen LogP contribution in [0.25, 0.3) is 0 Å². The van der Waals surface area contributed by atoms with E-state index in [4.69, 9.17) is 44.3 Å². The van der Waals surface area contributed by atoms with E-state index in [1.807, 2.05) is 36.2 Å². The third-order valence-electron chi connectivity index (χ3n) is 2.19. The van der Waals surface area contributed by atoms with Gasteiger partial charge in [-0.2, -0.15) is 0 Å². The van der Waals surface area contributed by atoms with Crippen LogP contribution < -0.4 is 0 Å². The summed E-state index contributed by atoms with van der Waals surface area (Å²) < 4.78 is 3.85. The zero-order valence-corrected chi connectivity index (χ0v) is 13.6. The Morgan fingerprint density at radius 3 is 1.07 bits per heavy atom. The van der Waals surface area contributed by atoms with Crippen molar-refractivity contribution in [2.75, 3.05) is 0 Å². The van der Waals surface area contributed by atoms with Crippen LogP contribution in [0.3, 0.4) is 0 Å². The minimum absolute atomic E-state index is 0.202. The van der Waals surface area contributed by atoms with E-state index in [0.717, 1.165) is 0 Å². The molecule has 0 amide bonds. The van der Waals surface area contributed by atoms with Crippen LogP contribution in [0.5, 0.6) is 0 Å². The van der Waals surface area contributed by atoms with Crippen molar-refractivity contribution in [2.24, 2.45) is 0 Å². The summed E-state index contributed by atoms with van der Waals surface area (Å²) in [6, 6.07) is 0.404. The van der Waals surface area contributed by atoms with Gasteiger partial charge in [-0.3, -0.25) is 8.46 Å². The number of halogens is 4. The van der Waals surface area contributed by atoms with Crippen molar-refractivity contribution in [3.8, 4) is 0 Å². The Kier molecular flexibility index (Phi) is 3.95. The summed E-state index contributed by atoms with van der Waals surface area (Å²) >= 11 is 25.3. The minimum atomic E-state index is -2.56. The number of rotatable bonds is 2. The maximum atomic E-state index is 6.33.